The van der Waals surface area contributed by atoms with Crippen molar-refractivity contribution in [3.05, 3.63) is 56.7 Å². The van der Waals surface area contributed by atoms with Gasteiger partial charge in [-0.15, -0.1) is 0 Å². The molecule has 0 saturated heterocycles. The Balaban J connectivity index is 1.57. The fraction of sp³-hybridized carbons (Fsp3) is 0.381. The highest BCUT2D eigenvalue weighted by molar-refractivity contribution is 5.88. The van der Waals surface area contributed by atoms with Crippen molar-refractivity contribution in [3.63, 3.8) is 0 Å². The van der Waals surface area contributed by atoms with Crippen molar-refractivity contribution in [1.82, 2.24) is 15.1 Å². The average molecular weight is 381 g/mol. The van der Waals surface area contributed by atoms with Crippen molar-refractivity contribution in [1.29, 1.82) is 0 Å². The number of nitrogens with one attached hydrogen (secondary N) is 1. The van der Waals surface area contributed by atoms with E-state index in [1.54, 1.807) is 4.90 Å². The molecule has 0 fully saturated rings. The third kappa shape index (κ3) is 3.28. The number of nitrogens with zero attached hydrogens (tertiary/aromatic N) is 2. The predicted octanol–water partition coefficient (Wildman–Crippen LogP) is 2.66. The van der Waals surface area contributed by atoms with Crippen LogP contribution in [0.3, 0.4) is 0 Å². The lowest BCUT2D eigenvalue weighted by Gasteiger charge is -2.27. The summed E-state index contributed by atoms with van der Waals surface area (Å²) < 4.78 is 11.3. The van der Waals surface area contributed by atoms with Crippen LogP contribution in [-0.2, 0) is 24.2 Å². The first-order valence-corrected chi connectivity index (χ1v) is 9.47. The van der Waals surface area contributed by atoms with E-state index in [4.69, 9.17) is 9.15 Å². The number of carbonyl (C=O) groups is 1. The summed E-state index contributed by atoms with van der Waals surface area (Å²) in [5, 5.41) is 8.02. The Morgan fingerprint density at radius 1 is 1.32 bits per heavy atom. The summed E-state index contributed by atoms with van der Waals surface area (Å²) in [7, 11) is 0. The van der Waals surface area contributed by atoms with E-state index in [0.717, 1.165) is 39.9 Å². The maximum atomic E-state index is 12.7. The number of hydrogen-bond acceptors (Lipinski definition) is 5. The predicted molar refractivity (Wildman–Crippen MR) is 105 cm³/mol. The molecule has 0 radical (unpaired) electrons. The van der Waals surface area contributed by atoms with Gasteiger partial charge in [-0.05, 0) is 43.5 Å². The van der Waals surface area contributed by atoms with Gasteiger partial charge < -0.3 is 14.1 Å². The topological polar surface area (TPSA) is 88.4 Å². The van der Waals surface area contributed by atoms with Crippen LogP contribution in [-0.4, -0.2) is 34.2 Å². The number of H-pyrrole nitrogens is 1. The highest BCUT2D eigenvalue weighted by atomic mass is 16.5. The molecule has 1 aromatic carbocycles. The second kappa shape index (κ2) is 7.14. The van der Waals surface area contributed by atoms with Gasteiger partial charge in [0, 0.05) is 36.8 Å². The van der Waals surface area contributed by atoms with Gasteiger partial charge in [-0.25, -0.2) is 4.79 Å². The van der Waals surface area contributed by atoms with Gasteiger partial charge in [0.2, 0.25) is 0 Å². The highest BCUT2D eigenvalue weighted by Gasteiger charge is 2.24. The van der Waals surface area contributed by atoms with Crippen molar-refractivity contribution in [2.24, 2.45) is 0 Å². The number of fused-ring (bicyclic) bond motifs is 2. The van der Waals surface area contributed by atoms with E-state index in [1.165, 1.54) is 6.07 Å². The lowest BCUT2D eigenvalue weighted by Crippen LogP contribution is -2.38. The summed E-state index contributed by atoms with van der Waals surface area (Å²) in [4.78, 5) is 26.3. The van der Waals surface area contributed by atoms with Gasteiger partial charge in [-0.1, -0.05) is 6.92 Å². The van der Waals surface area contributed by atoms with Gasteiger partial charge in [-0.3, -0.25) is 9.89 Å². The molecular weight excluding hydrogens is 358 g/mol. The van der Waals surface area contributed by atoms with Crippen LogP contribution in [0.4, 0.5) is 0 Å². The number of carbonyl (C=O) groups excluding carboxylic acids is 1. The second-order valence-corrected chi connectivity index (χ2v) is 7.21. The van der Waals surface area contributed by atoms with Gasteiger partial charge in [0.05, 0.1) is 11.1 Å². The maximum Gasteiger partial charge on any atom is 0.336 e. The van der Waals surface area contributed by atoms with Crippen LogP contribution in [0.25, 0.3) is 11.0 Å². The van der Waals surface area contributed by atoms with E-state index in [0.29, 0.717) is 30.8 Å². The zero-order valence-corrected chi connectivity index (χ0v) is 16.3. The number of aromatic amines is 1. The summed E-state index contributed by atoms with van der Waals surface area (Å²) >= 11 is 0. The first-order valence-electron chi connectivity index (χ1n) is 9.47. The lowest BCUT2D eigenvalue weighted by molar-refractivity contribution is -0.134. The number of hydrogen-bond donors (Lipinski definition) is 1. The van der Waals surface area contributed by atoms with Gasteiger partial charge >= 0.3 is 5.63 Å². The number of benzene rings is 1. The molecule has 0 aliphatic carbocycles. The van der Waals surface area contributed by atoms with E-state index in [2.05, 4.69) is 10.2 Å². The molecule has 0 saturated carbocycles. The monoisotopic (exact) mass is 381 g/mol. The number of aryl methyl sites for hydroxylation is 3. The van der Waals surface area contributed by atoms with Gasteiger partial charge in [0.15, 0.2) is 6.61 Å². The molecule has 28 heavy (non-hydrogen) atoms. The molecule has 1 aliphatic rings. The molecule has 0 atom stereocenters. The smallest absolute Gasteiger partial charge is 0.336 e. The van der Waals surface area contributed by atoms with Crippen molar-refractivity contribution < 1.29 is 13.9 Å². The molecule has 1 aliphatic heterocycles. The fourth-order valence-corrected chi connectivity index (χ4v) is 3.74. The second-order valence-electron chi connectivity index (χ2n) is 7.21. The Kier molecular flexibility index (Phi) is 4.66. The number of ether oxygens (including phenoxy) is 1. The quantitative estimate of drug-likeness (QED) is 0.702. The Morgan fingerprint density at radius 3 is 2.93 bits per heavy atom. The molecule has 1 N–H and O–H groups in total. The molecular formula is C21H23N3O4. The summed E-state index contributed by atoms with van der Waals surface area (Å²) in [6.45, 7) is 6.96. The Hall–Kier alpha value is -3.09. The maximum absolute atomic E-state index is 12.7. The normalized spacial score (nSPS) is 13.6. The molecule has 0 spiro atoms. The van der Waals surface area contributed by atoms with E-state index in [9.17, 15) is 9.59 Å². The molecule has 0 bridgehead atoms. The third-order valence-corrected chi connectivity index (χ3v) is 5.25. The molecule has 0 unspecified atom stereocenters. The van der Waals surface area contributed by atoms with Crippen LogP contribution in [0.5, 0.6) is 5.75 Å². The molecule has 3 heterocycles. The first kappa shape index (κ1) is 18.3. The number of aromatic nitrogens is 2. The van der Waals surface area contributed by atoms with Crippen molar-refractivity contribution >= 4 is 16.9 Å². The van der Waals surface area contributed by atoms with Crippen LogP contribution >= 0.6 is 0 Å². The first-order chi connectivity index (χ1) is 13.5. The van der Waals surface area contributed by atoms with E-state index >= 15 is 0 Å². The molecule has 146 valence electrons. The van der Waals surface area contributed by atoms with E-state index in [-0.39, 0.29) is 18.1 Å². The summed E-state index contributed by atoms with van der Waals surface area (Å²) in [6, 6.07) is 5.18. The highest BCUT2D eigenvalue weighted by Crippen LogP contribution is 2.30. The molecule has 7 nitrogen and oxygen atoms in total. The minimum absolute atomic E-state index is 0.0624. The molecule has 4 rings (SSSR count). The minimum atomic E-state index is -0.378. The standard InChI is InChI=1S/C21H23N3O4/c1-4-14-9-20(26)28-18-8-12(2)7-17(21(14)18)27-11-19(25)24-6-5-16-15(10-24)13(3)22-23-16/h7-9H,4-6,10-11H2,1-3H3,(H,22,23). The van der Waals surface area contributed by atoms with Crippen molar-refractivity contribution in [3.8, 4) is 5.75 Å². The molecule has 3 aromatic rings. The van der Waals surface area contributed by atoms with Crippen LogP contribution in [0, 0.1) is 13.8 Å². The molecule has 2 aromatic heterocycles. The number of amides is 1. The minimum Gasteiger partial charge on any atom is -0.483 e. The third-order valence-electron chi connectivity index (χ3n) is 5.25. The van der Waals surface area contributed by atoms with E-state index in [1.807, 2.05) is 32.9 Å². The zero-order valence-electron chi connectivity index (χ0n) is 16.3. The Morgan fingerprint density at radius 2 is 2.14 bits per heavy atom. The van der Waals surface area contributed by atoms with Crippen LogP contribution < -0.4 is 10.4 Å². The lowest BCUT2D eigenvalue weighted by atomic mass is 10.0. The van der Waals surface area contributed by atoms with Gasteiger partial charge in [-0.2, -0.15) is 5.10 Å². The van der Waals surface area contributed by atoms with Gasteiger partial charge in [0.1, 0.15) is 11.3 Å². The molecule has 1 amide bonds. The summed E-state index contributed by atoms with van der Waals surface area (Å²) in [6.07, 6.45) is 1.41. The molecule has 7 heteroatoms. The van der Waals surface area contributed by atoms with Gasteiger partial charge in [0.25, 0.3) is 5.91 Å². The van der Waals surface area contributed by atoms with Crippen LogP contribution in [0.15, 0.2) is 27.4 Å². The average Bonchev–Trinajstić information content (AvgIpc) is 3.05. The summed E-state index contributed by atoms with van der Waals surface area (Å²) in [5.74, 6) is 0.498. The fourth-order valence-electron chi connectivity index (χ4n) is 3.74. The summed E-state index contributed by atoms with van der Waals surface area (Å²) in [5.41, 5.74) is 5.00. The van der Waals surface area contributed by atoms with E-state index < -0.39 is 0 Å². The Bertz CT molecular complexity index is 1110. The zero-order chi connectivity index (χ0) is 19.8. The SMILES string of the molecule is CCc1cc(=O)oc2cc(C)cc(OCC(=O)N3CCc4n[nH]c(C)c4C3)c12. The number of rotatable bonds is 4. The Labute approximate surface area is 162 Å². The van der Waals surface area contributed by atoms with Crippen molar-refractivity contribution in [2.45, 2.75) is 40.2 Å². The van der Waals surface area contributed by atoms with Crippen LogP contribution in [0.2, 0.25) is 0 Å². The largest absolute Gasteiger partial charge is 0.483 e. The van der Waals surface area contributed by atoms with Crippen molar-refractivity contribution in [2.75, 3.05) is 13.2 Å². The van der Waals surface area contributed by atoms with Crippen LogP contribution in [0.1, 0.15) is 35.0 Å².